The Morgan fingerprint density at radius 3 is 0.951 bits per heavy atom. The van der Waals surface area contributed by atoms with E-state index < -0.39 is 53.9 Å². The van der Waals surface area contributed by atoms with Crippen LogP contribution in [0, 0.1) is 75.4 Å². The monoisotopic (exact) mass is 3350 g/mol. The molecule has 39 nitrogen and oxygen atoms in total. The van der Waals surface area contributed by atoms with Gasteiger partial charge in [0.2, 0.25) is 23.6 Å². The Balaban J connectivity index is 0.000000398. The van der Waals surface area contributed by atoms with E-state index in [0.29, 0.717) is 187 Å². The summed E-state index contributed by atoms with van der Waals surface area (Å²) in [5.74, 6) is -2.66. The molecule has 51 heteroatoms. The van der Waals surface area contributed by atoms with Gasteiger partial charge in [-0.15, -0.1) is 0 Å². The predicted molar refractivity (Wildman–Crippen MR) is 651 cm³/mol. The van der Waals surface area contributed by atoms with Crippen molar-refractivity contribution in [3.63, 3.8) is 0 Å². The van der Waals surface area contributed by atoms with E-state index in [1.54, 1.807) is 35.2 Å². The number of ether oxygens (including phenoxy) is 1. The number of aliphatic hydroxyl groups is 7. The number of halogens is 12. The number of likely N-dealkylation sites (tertiary alicyclic amines) is 3. The minimum Gasteiger partial charge on any atom is -0.395 e. The summed E-state index contributed by atoms with van der Waals surface area (Å²) in [4.78, 5) is 175. The Bertz CT molecular complexity index is 5020. The van der Waals surface area contributed by atoms with E-state index in [1.807, 2.05) is 114 Å². The number of benzene rings is 4. The molecule has 0 radical (unpaired) electrons. The fourth-order valence-electron chi connectivity index (χ4n) is 15.5. The number of amides is 12. The second-order valence-corrected chi connectivity index (χ2v) is 47.3. The van der Waals surface area contributed by atoms with Gasteiger partial charge in [-0.05, 0) is 443 Å². The van der Waals surface area contributed by atoms with Gasteiger partial charge < -0.3 is 135 Å². The van der Waals surface area contributed by atoms with Gasteiger partial charge in [0.25, 0.3) is 47.3 Å². The van der Waals surface area contributed by atoms with Crippen molar-refractivity contribution in [3.8, 4) is 0 Å². The number of piperidine rings is 2. The van der Waals surface area contributed by atoms with Crippen LogP contribution in [0.25, 0.3) is 0 Å². The molecule has 23 N–H and O–H groups in total. The molecule has 802 valence electrons. The van der Waals surface area contributed by atoms with E-state index in [4.69, 9.17) is 33.4 Å². The van der Waals surface area contributed by atoms with Crippen molar-refractivity contribution in [1.82, 2.24) is 60.9 Å². The SMILES string of the molecule is CNC(=O)c1c(I)c(NCOC)c(I)c(C(=O)NC(CCCCN)C(=O)N2CCC(C)CC2)c1I.Cc1c(I)c(C(=O)NC(CCCCN)C(=O)N(C)C)c(I)c(C(=O)N(CCO)CCO)c1I.Cc1c(I)c(C(=O)NC(CCCCN)C(=O)N2CCC(C)CC2)c(I)c(C(=O)N(CCO)CCO)c1I.Cc1c(I)c(C(=O)NC(CCCN=C(N)N)C(=O)N2CCC(O)C2)c(I)c(C(=O)N(CCO)CCO)c1I. The Labute approximate surface area is 1000 Å². The number of carbonyl (C=O) groups excluding carboxylic acids is 12. The van der Waals surface area contributed by atoms with Crippen LogP contribution in [0.4, 0.5) is 5.69 Å². The lowest BCUT2D eigenvalue weighted by molar-refractivity contribution is -0.135. The van der Waals surface area contributed by atoms with Gasteiger partial charge >= 0.3 is 0 Å². The van der Waals surface area contributed by atoms with Gasteiger partial charge in [-0.1, -0.05) is 13.8 Å². The number of anilines is 1. The zero-order valence-corrected chi connectivity index (χ0v) is 107. The van der Waals surface area contributed by atoms with Crippen LogP contribution in [-0.2, 0) is 23.9 Å². The zero-order chi connectivity index (χ0) is 108. The van der Waals surface area contributed by atoms with Crippen LogP contribution in [0.1, 0.15) is 216 Å². The number of hydrogen-bond acceptors (Lipinski definition) is 25. The number of guanidine groups is 1. The quantitative estimate of drug-likeness (QED) is 0.00664. The van der Waals surface area contributed by atoms with Crippen molar-refractivity contribution in [3.05, 3.63) is 104 Å². The van der Waals surface area contributed by atoms with E-state index in [1.165, 1.54) is 24.5 Å². The molecule has 0 saturated carbocycles. The Kier molecular flexibility index (Phi) is 64.2. The number of aliphatic imine (C=N–C) groups is 1. The summed E-state index contributed by atoms with van der Waals surface area (Å²) < 4.78 is 12.6. The van der Waals surface area contributed by atoms with Crippen LogP contribution >= 0.6 is 271 Å². The standard InChI is InChI=1S/C25H37I3N4O5.C23H33I3N6O6.C23H34I3N5O4.C21H31I3N4O5/c1-15-6-9-31(10-7-15)24(36)17(5-3-4-8-29)30-23(35)18-20(26)16(2)21(27)19(22(18)28)25(37)32(11-13-33)12-14-34;1-12-17(24)15(19(26)16(18(12)25)22(38)31(7-9-33)8-10-34)20(36)30-14(3-2-5-29-23(27)28)21(37)32-6-4-13(35)11-32;1-13-7-10-31(11-8-13)23(34)14(6-4-5-9-27)30-22(33)16-17(24)15(21(32)28-2)18(25)20(19(16)26)29-12-35-3;1-12-16(22)14(19(31)26-13(6-4-5-7-25)20(32)27(2)3)18(24)15(17(12)23)21(33)28(8-10-29)9-11-30/h15,17,33-34H,3-14,29H2,1-2H3,(H,30,35);13-14,33-35H,2-11H2,1H3,(H,30,36)(H4,27,28,29);13-14,29H,4-12,27H2,1-3H3,(H,28,32)(H,30,33);13,29-30H,4-11,25H2,1-3H3,(H,26,31). The van der Waals surface area contributed by atoms with Gasteiger partial charge in [-0.25, -0.2) is 0 Å². The number of carbonyl (C=O) groups is 12. The lowest BCUT2D eigenvalue weighted by Gasteiger charge is -2.33. The summed E-state index contributed by atoms with van der Waals surface area (Å²) >= 11 is 24.7. The minimum absolute atomic E-state index is 0.0339. The normalized spacial score (nSPS) is 14.5. The summed E-state index contributed by atoms with van der Waals surface area (Å²) in [7, 11) is 6.40. The fraction of sp³-hybridized carbons (Fsp3) is 0.598. The highest BCUT2D eigenvalue weighted by molar-refractivity contribution is 14.1. The number of unbranched alkanes of at least 4 members (excludes halogenated alkanes) is 3. The van der Waals surface area contributed by atoms with Crippen LogP contribution in [0.5, 0.6) is 0 Å². The predicted octanol–water partition coefficient (Wildman–Crippen LogP) is 7.62. The number of aliphatic hydroxyl groups excluding tert-OH is 7. The molecule has 143 heavy (non-hydrogen) atoms. The lowest BCUT2D eigenvalue weighted by Crippen LogP contribution is -2.51. The molecule has 5 atom stereocenters. The molecule has 0 spiro atoms. The smallest absolute Gasteiger partial charge is 0.256 e. The third-order valence-electron chi connectivity index (χ3n) is 23.7. The van der Waals surface area contributed by atoms with Crippen molar-refractivity contribution in [2.45, 2.75) is 168 Å². The summed E-state index contributed by atoms with van der Waals surface area (Å²) in [5.41, 5.74) is 33.4. The van der Waals surface area contributed by atoms with E-state index in [9.17, 15) is 93.3 Å². The number of rotatable bonds is 47. The molecule has 12 amide bonds. The van der Waals surface area contributed by atoms with Crippen LogP contribution < -0.4 is 60.6 Å². The van der Waals surface area contributed by atoms with Crippen molar-refractivity contribution in [1.29, 1.82) is 0 Å². The van der Waals surface area contributed by atoms with E-state index in [0.717, 1.165) is 78.0 Å². The van der Waals surface area contributed by atoms with Crippen molar-refractivity contribution < 1.29 is 98.0 Å². The molecule has 3 aliphatic heterocycles. The van der Waals surface area contributed by atoms with Crippen molar-refractivity contribution in [2.75, 3.05) is 185 Å². The first-order valence-electron chi connectivity index (χ1n) is 46.6. The second kappa shape index (κ2) is 68.9. The van der Waals surface area contributed by atoms with Gasteiger partial charge in [-0.3, -0.25) is 62.5 Å². The molecule has 4 aromatic carbocycles. The van der Waals surface area contributed by atoms with E-state index >= 15 is 0 Å². The molecule has 3 heterocycles. The highest BCUT2D eigenvalue weighted by atomic mass is 127. The van der Waals surface area contributed by atoms with Gasteiger partial charge in [0.15, 0.2) is 5.96 Å². The van der Waals surface area contributed by atoms with Crippen LogP contribution in [0.15, 0.2) is 4.99 Å². The summed E-state index contributed by atoms with van der Waals surface area (Å²) in [5, 5.41) is 83.7. The average Bonchev–Trinajstić information content (AvgIpc) is 1.13. The zero-order valence-electron chi connectivity index (χ0n) is 81.6. The molecule has 5 unspecified atom stereocenters. The van der Waals surface area contributed by atoms with Gasteiger partial charge in [0, 0.05) is 149 Å². The van der Waals surface area contributed by atoms with Crippen LogP contribution in [0.2, 0.25) is 0 Å². The highest BCUT2D eigenvalue weighted by Crippen LogP contribution is 2.40. The molecule has 0 aromatic heterocycles. The maximum atomic E-state index is 13.7. The molecular weight excluding hydrogens is 3210 g/mol. The number of hydrogen-bond donors (Lipinski definition) is 18. The molecule has 4 aromatic rings. The highest BCUT2D eigenvalue weighted by Gasteiger charge is 2.40. The molecule has 3 saturated heterocycles. The first-order chi connectivity index (χ1) is 67.7. The molecular formula is C92H135I12N19O20. The molecule has 0 bridgehead atoms. The van der Waals surface area contributed by atoms with Gasteiger partial charge in [0.1, 0.15) is 30.9 Å². The molecule has 3 aliphatic rings. The van der Waals surface area contributed by atoms with Crippen molar-refractivity contribution in [2.24, 2.45) is 45.5 Å². The molecule has 3 fully saturated rings. The Morgan fingerprint density at radius 2 is 0.671 bits per heavy atom. The topological polar surface area (TPSA) is 593 Å². The van der Waals surface area contributed by atoms with Gasteiger partial charge in [0.05, 0.1) is 103 Å². The lowest BCUT2D eigenvalue weighted by atomic mass is 9.97. The van der Waals surface area contributed by atoms with Crippen molar-refractivity contribution >= 4 is 354 Å². The third-order valence-corrected chi connectivity index (χ3v) is 38.3. The number of nitrogens with one attached hydrogen (secondary N) is 6. The Morgan fingerprint density at radius 1 is 0.399 bits per heavy atom. The number of likely N-dealkylation sites (N-methyl/N-ethyl adjacent to an activating group) is 1. The first-order valence-corrected chi connectivity index (χ1v) is 59.5. The van der Waals surface area contributed by atoms with Crippen LogP contribution in [0.3, 0.4) is 0 Å². The third kappa shape index (κ3) is 39.1. The summed E-state index contributed by atoms with van der Waals surface area (Å²) in [6.07, 6.45) is 10.3. The Hall–Kier alpha value is -2.09. The number of nitrogens with two attached hydrogens (primary N) is 5. The number of β-amino-alcohol motifs (C(OH)–C–C–N with tert-alkyl or cyclic N) is 1. The van der Waals surface area contributed by atoms with Crippen LogP contribution in [-0.4, -0.2) is 357 Å². The fourth-order valence-corrected chi connectivity index (χ4v) is 32.3. The maximum Gasteiger partial charge on any atom is 0.256 e. The molecule has 0 aliphatic carbocycles. The number of nitrogens with zero attached hydrogens (tertiary/aromatic N) is 8. The average molecular weight is 3350 g/mol. The second-order valence-electron chi connectivity index (χ2n) is 34.3. The largest absolute Gasteiger partial charge is 0.395 e. The van der Waals surface area contributed by atoms with Gasteiger partial charge in [-0.2, -0.15) is 0 Å². The van der Waals surface area contributed by atoms with E-state index in [2.05, 4.69) is 231 Å². The first kappa shape index (κ1) is 133. The maximum absolute atomic E-state index is 13.7. The molecule has 7 rings (SSSR count). The minimum atomic E-state index is -0.882. The summed E-state index contributed by atoms with van der Waals surface area (Å²) in [6.45, 7) is 14.1. The number of methoxy groups -OCH3 is 1. The summed E-state index contributed by atoms with van der Waals surface area (Å²) in [6, 6.07) is -2.90. The van der Waals surface area contributed by atoms with E-state index in [-0.39, 0.29) is 164 Å².